The number of nitrogens with zero attached hydrogens (tertiary/aromatic N) is 1. The molecule has 140 valence electrons. The number of rotatable bonds is 5. The van der Waals surface area contributed by atoms with E-state index < -0.39 is 44.3 Å². The lowest BCUT2D eigenvalue weighted by Crippen LogP contribution is -2.74. The Hall–Kier alpha value is -1.58. The van der Waals surface area contributed by atoms with Crippen molar-refractivity contribution in [1.29, 1.82) is 0 Å². The molecule has 2 heterocycles. The number of hydrogen-bond acceptors (Lipinski definition) is 6. The first-order chi connectivity index (χ1) is 12.1. The first-order valence-electron chi connectivity index (χ1n) is 7.85. The lowest BCUT2D eigenvalue weighted by Gasteiger charge is -2.49. The van der Waals surface area contributed by atoms with Gasteiger partial charge in [0, 0.05) is 10.3 Å². The number of aliphatic hydroxyl groups is 1. The molecule has 0 saturated carbocycles. The molecule has 0 bridgehead atoms. The fourth-order valence-electron chi connectivity index (χ4n) is 3.48. The van der Waals surface area contributed by atoms with Crippen LogP contribution in [0.4, 0.5) is 0 Å². The normalized spacial score (nSPS) is 30.3. The molecule has 0 radical (unpaired) electrons. The van der Waals surface area contributed by atoms with Crippen molar-refractivity contribution in [1.82, 2.24) is 4.90 Å². The van der Waals surface area contributed by atoms with Gasteiger partial charge in [0.2, 0.25) is 0 Å². The van der Waals surface area contributed by atoms with Crippen molar-refractivity contribution in [2.75, 3.05) is 7.11 Å². The van der Waals surface area contributed by atoms with Crippen molar-refractivity contribution in [3.8, 4) is 5.75 Å². The Morgan fingerprint density at radius 3 is 2.54 bits per heavy atom. The number of fused-ring (bicyclic) bond motifs is 1. The summed E-state index contributed by atoms with van der Waals surface area (Å²) in [6.45, 7) is 3.44. The van der Waals surface area contributed by atoms with Crippen LogP contribution in [0.15, 0.2) is 24.3 Å². The van der Waals surface area contributed by atoms with Crippen LogP contribution < -0.4 is 4.74 Å². The predicted molar refractivity (Wildman–Crippen MR) is 98.3 cm³/mol. The molecule has 2 N–H and O–H groups in total. The summed E-state index contributed by atoms with van der Waals surface area (Å²) in [5, 5.41) is 19.4. The van der Waals surface area contributed by atoms with Gasteiger partial charge in [0.1, 0.15) is 23.3 Å². The number of β-lactam (4-membered cyclic amide) rings is 1. The Kier molecular flexibility index (Phi) is 4.61. The number of carbonyl (C=O) groups excluding carboxylic acids is 2. The van der Waals surface area contributed by atoms with E-state index in [-0.39, 0.29) is 5.56 Å². The summed E-state index contributed by atoms with van der Waals surface area (Å²) >= 11 is 4.45. The monoisotopic (exact) mass is 443 g/mol. The van der Waals surface area contributed by atoms with E-state index in [9.17, 15) is 24.6 Å². The molecular weight excluding hydrogens is 426 g/mol. The lowest BCUT2D eigenvalue weighted by molar-refractivity contribution is -0.164. The molecule has 0 spiro atoms. The Balaban J connectivity index is 1.94. The molecule has 1 amide bonds. The number of Topliss-reactive ketones (excluding diaryl/α,β-unsaturated/α-hetero) is 1. The van der Waals surface area contributed by atoms with Crippen LogP contribution in [0.25, 0.3) is 0 Å². The number of benzene rings is 1. The van der Waals surface area contributed by atoms with Gasteiger partial charge in [-0.3, -0.25) is 9.59 Å². The topological polar surface area (TPSA) is 104 Å². The number of amides is 1. The Labute approximate surface area is 162 Å². The van der Waals surface area contributed by atoms with Gasteiger partial charge in [-0.05, 0) is 19.9 Å². The second-order valence-corrected chi connectivity index (χ2v) is 9.73. The highest BCUT2D eigenvalue weighted by Crippen LogP contribution is 2.59. The fourth-order valence-corrected chi connectivity index (χ4v) is 6.03. The van der Waals surface area contributed by atoms with Gasteiger partial charge in [0.05, 0.1) is 7.11 Å². The van der Waals surface area contributed by atoms with Crippen molar-refractivity contribution < 1.29 is 29.3 Å². The standard InChI is InChI=1S/C17H18BrNO6S/c1-16(2)11(13(22)23)19-14(24)17(18,15(19)26-16)12(21)10(20)8-6-4-5-7-9(8)25-3/h4-7,10-11,15,20H,1-3H3,(H,22,23)/t10?,11-,15+,17?/m0/s1. The van der Waals surface area contributed by atoms with E-state index in [0.717, 1.165) is 0 Å². The van der Waals surface area contributed by atoms with Crippen LogP contribution in [0, 0.1) is 0 Å². The number of ketones is 1. The molecule has 0 aromatic heterocycles. The summed E-state index contributed by atoms with van der Waals surface area (Å²) in [7, 11) is 1.42. The van der Waals surface area contributed by atoms with Crippen molar-refractivity contribution in [2.24, 2.45) is 0 Å². The number of aliphatic carboxylic acids is 1. The average molecular weight is 444 g/mol. The number of ether oxygens (including phenoxy) is 1. The SMILES string of the molecule is COc1ccccc1C(O)C(=O)C1(Br)C(=O)N2[C@@H](C(=O)O)C(C)(C)S[C@@H]21. The van der Waals surface area contributed by atoms with Gasteiger partial charge in [-0.15, -0.1) is 11.8 Å². The largest absolute Gasteiger partial charge is 0.496 e. The minimum absolute atomic E-state index is 0.252. The second kappa shape index (κ2) is 6.24. The van der Waals surface area contributed by atoms with Crippen molar-refractivity contribution in [2.45, 2.75) is 40.4 Å². The zero-order valence-corrected chi connectivity index (χ0v) is 16.7. The maximum Gasteiger partial charge on any atom is 0.327 e. The van der Waals surface area contributed by atoms with Crippen LogP contribution in [-0.4, -0.2) is 60.4 Å². The van der Waals surface area contributed by atoms with E-state index in [1.54, 1.807) is 38.1 Å². The van der Waals surface area contributed by atoms with Gasteiger partial charge in [-0.2, -0.15) is 0 Å². The van der Waals surface area contributed by atoms with Crippen LogP contribution >= 0.6 is 27.7 Å². The Morgan fingerprint density at radius 1 is 1.35 bits per heavy atom. The molecule has 26 heavy (non-hydrogen) atoms. The van der Waals surface area contributed by atoms with E-state index in [1.165, 1.54) is 23.8 Å². The summed E-state index contributed by atoms with van der Waals surface area (Å²) in [6, 6.07) is 5.47. The van der Waals surface area contributed by atoms with Crippen LogP contribution in [0.1, 0.15) is 25.5 Å². The molecule has 1 aromatic carbocycles. The number of thioether (sulfide) groups is 1. The minimum Gasteiger partial charge on any atom is -0.496 e. The van der Waals surface area contributed by atoms with Crippen LogP contribution in [-0.2, 0) is 14.4 Å². The molecule has 2 aliphatic rings. The molecular formula is C17H18BrNO6S. The minimum atomic E-state index is -1.67. The molecule has 3 rings (SSSR count). The molecule has 9 heteroatoms. The Morgan fingerprint density at radius 2 is 1.96 bits per heavy atom. The van der Waals surface area contributed by atoms with E-state index in [0.29, 0.717) is 5.75 Å². The van der Waals surface area contributed by atoms with E-state index in [1.807, 2.05) is 0 Å². The third kappa shape index (κ3) is 2.48. The summed E-state index contributed by atoms with van der Waals surface area (Å²) < 4.78 is 2.74. The molecule has 4 atom stereocenters. The summed E-state index contributed by atoms with van der Waals surface area (Å²) in [4.78, 5) is 38.5. The number of methoxy groups -OCH3 is 1. The van der Waals surface area contributed by atoms with E-state index in [2.05, 4.69) is 15.9 Å². The number of carboxylic acid groups (broad SMARTS) is 1. The summed E-state index contributed by atoms with van der Waals surface area (Å²) in [5.74, 6) is -2.17. The van der Waals surface area contributed by atoms with Gasteiger partial charge in [0.15, 0.2) is 10.1 Å². The lowest BCUT2D eigenvalue weighted by atomic mass is 9.85. The molecule has 2 saturated heterocycles. The molecule has 2 fully saturated rings. The zero-order chi connectivity index (χ0) is 19.4. The fraction of sp³-hybridized carbons (Fsp3) is 0.471. The second-order valence-electron chi connectivity index (χ2n) is 6.75. The van der Waals surface area contributed by atoms with Gasteiger partial charge < -0.3 is 19.8 Å². The highest BCUT2D eigenvalue weighted by atomic mass is 79.9. The third-order valence-corrected chi connectivity index (χ3v) is 7.87. The average Bonchev–Trinajstić information content (AvgIpc) is 2.88. The van der Waals surface area contributed by atoms with Crippen molar-refractivity contribution in [3.63, 3.8) is 0 Å². The molecule has 7 nitrogen and oxygen atoms in total. The van der Waals surface area contributed by atoms with Gasteiger partial charge in [-0.1, -0.05) is 34.1 Å². The highest BCUT2D eigenvalue weighted by Gasteiger charge is 2.74. The highest BCUT2D eigenvalue weighted by molar-refractivity contribution is 9.10. The van der Waals surface area contributed by atoms with Gasteiger partial charge >= 0.3 is 5.97 Å². The van der Waals surface area contributed by atoms with Gasteiger partial charge in [0.25, 0.3) is 5.91 Å². The Bertz CT molecular complexity index is 799. The molecule has 2 aliphatic heterocycles. The smallest absolute Gasteiger partial charge is 0.327 e. The van der Waals surface area contributed by atoms with E-state index in [4.69, 9.17) is 4.74 Å². The molecule has 2 unspecified atom stereocenters. The summed E-state index contributed by atoms with van der Waals surface area (Å²) in [6.07, 6.45) is -1.58. The molecule has 1 aromatic rings. The maximum absolute atomic E-state index is 13.0. The number of halogens is 1. The van der Waals surface area contributed by atoms with E-state index >= 15 is 0 Å². The number of para-hydroxylation sites is 1. The van der Waals surface area contributed by atoms with Crippen LogP contribution in [0.5, 0.6) is 5.75 Å². The third-order valence-electron chi connectivity index (χ3n) is 4.77. The predicted octanol–water partition coefficient (Wildman–Crippen LogP) is 1.58. The number of aliphatic hydroxyl groups excluding tert-OH is 1. The summed E-state index contributed by atoms with van der Waals surface area (Å²) in [5.41, 5.74) is 0.252. The quantitative estimate of drug-likeness (QED) is 0.404. The zero-order valence-electron chi connectivity index (χ0n) is 14.3. The number of hydrogen-bond donors (Lipinski definition) is 2. The van der Waals surface area contributed by atoms with Crippen molar-refractivity contribution >= 4 is 45.4 Å². The van der Waals surface area contributed by atoms with Gasteiger partial charge in [-0.25, -0.2) is 4.79 Å². The van der Waals surface area contributed by atoms with Crippen LogP contribution in [0.3, 0.4) is 0 Å². The number of carbonyl (C=O) groups is 3. The number of alkyl halides is 1. The van der Waals surface area contributed by atoms with Crippen LogP contribution in [0.2, 0.25) is 0 Å². The number of carboxylic acids is 1. The molecule has 0 aliphatic carbocycles. The van der Waals surface area contributed by atoms with Crippen molar-refractivity contribution in [3.05, 3.63) is 29.8 Å². The first-order valence-corrected chi connectivity index (χ1v) is 9.52. The first kappa shape index (κ1) is 19.2. The maximum atomic E-state index is 13.0.